The number of carbonyl (C=O) groups is 3. The SMILES string of the molecule is Cc1cccc(NC(=O)CNC(=O)CN(C(=O)c2cccc(Cl)c2)C2CCCCC2)c1. The van der Waals surface area contributed by atoms with E-state index in [0.717, 1.165) is 37.7 Å². The van der Waals surface area contributed by atoms with Gasteiger partial charge >= 0.3 is 0 Å². The van der Waals surface area contributed by atoms with Gasteiger partial charge in [0, 0.05) is 22.3 Å². The largest absolute Gasteiger partial charge is 0.345 e. The van der Waals surface area contributed by atoms with Gasteiger partial charge in [0.15, 0.2) is 0 Å². The molecule has 1 aliphatic rings. The molecule has 0 spiro atoms. The van der Waals surface area contributed by atoms with Gasteiger partial charge in [-0.2, -0.15) is 0 Å². The number of nitrogens with one attached hydrogen (secondary N) is 2. The normalized spacial score (nSPS) is 14.0. The molecule has 2 N–H and O–H groups in total. The number of hydrogen-bond acceptors (Lipinski definition) is 3. The first-order valence-corrected chi connectivity index (χ1v) is 11.0. The molecule has 31 heavy (non-hydrogen) atoms. The first-order valence-electron chi connectivity index (χ1n) is 10.6. The van der Waals surface area contributed by atoms with Crippen LogP contribution >= 0.6 is 11.6 Å². The lowest BCUT2D eigenvalue weighted by atomic mass is 9.93. The van der Waals surface area contributed by atoms with Crippen LogP contribution in [0.25, 0.3) is 0 Å². The Morgan fingerprint density at radius 3 is 2.45 bits per heavy atom. The highest BCUT2D eigenvalue weighted by Crippen LogP contribution is 2.24. The highest BCUT2D eigenvalue weighted by Gasteiger charge is 2.28. The Bertz CT molecular complexity index is 941. The summed E-state index contributed by atoms with van der Waals surface area (Å²) in [5.41, 5.74) is 2.17. The van der Waals surface area contributed by atoms with Crippen molar-refractivity contribution in [1.29, 1.82) is 0 Å². The van der Waals surface area contributed by atoms with E-state index in [1.807, 2.05) is 25.1 Å². The third-order valence-corrected chi connectivity index (χ3v) is 5.64. The third-order valence-electron chi connectivity index (χ3n) is 5.41. The van der Waals surface area contributed by atoms with Gasteiger partial charge in [-0.3, -0.25) is 14.4 Å². The van der Waals surface area contributed by atoms with Crippen molar-refractivity contribution in [2.24, 2.45) is 0 Å². The fourth-order valence-corrected chi connectivity index (χ4v) is 4.05. The molecule has 0 saturated heterocycles. The molecule has 3 amide bonds. The van der Waals surface area contributed by atoms with Crippen LogP contribution in [-0.2, 0) is 9.59 Å². The average Bonchev–Trinajstić information content (AvgIpc) is 2.76. The number of nitrogens with zero attached hydrogens (tertiary/aromatic N) is 1. The minimum atomic E-state index is -0.361. The molecule has 0 unspecified atom stereocenters. The van der Waals surface area contributed by atoms with Crippen LogP contribution in [0.2, 0.25) is 5.02 Å². The van der Waals surface area contributed by atoms with Crippen LogP contribution in [0.5, 0.6) is 0 Å². The fourth-order valence-electron chi connectivity index (χ4n) is 3.86. The summed E-state index contributed by atoms with van der Waals surface area (Å²) < 4.78 is 0. The molecular formula is C24H28ClN3O3. The van der Waals surface area contributed by atoms with E-state index >= 15 is 0 Å². The summed E-state index contributed by atoms with van der Waals surface area (Å²) in [6.07, 6.45) is 4.94. The fraction of sp³-hybridized carbons (Fsp3) is 0.375. The summed E-state index contributed by atoms with van der Waals surface area (Å²) in [6.45, 7) is 1.69. The van der Waals surface area contributed by atoms with Gasteiger partial charge in [0.05, 0.1) is 6.54 Å². The van der Waals surface area contributed by atoms with Crippen molar-refractivity contribution in [2.75, 3.05) is 18.4 Å². The molecule has 164 valence electrons. The Kier molecular flexibility index (Phi) is 8.06. The number of hydrogen-bond donors (Lipinski definition) is 2. The minimum Gasteiger partial charge on any atom is -0.345 e. The Hall–Kier alpha value is -2.86. The van der Waals surface area contributed by atoms with Gasteiger partial charge in [0.25, 0.3) is 5.91 Å². The van der Waals surface area contributed by atoms with Crippen LogP contribution in [0.1, 0.15) is 48.0 Å². The van der Waals surface area contributed by atoms with E-state index in [1.165, 1.54) is 0 Å². The van der Waals surface area contributed by atoms with Crippen LogP contribution in [0.15, 0.2) is 48.5 Å². The van der Waals surface area contributed by atoms with Crippen molar-refractivity contribution in [3.8, 4) is 0 Å². The Morgan fingerprint density at radius 2 is 1.74 bits per heavy atom. The molecule has 1 aliphatic carbocycles. The topological polar surface area (TPSA) is 78.5 Å². The van der Waals surface area contributed by atoms with Gasteiger partial charge in [-0.05, 0) is 55.7 Å². The first-order chi connectivity index (χ1) is 14.9. The lowest BCUT2D eigenvalue weighted by Gasteiger charge is -2.34. The summed E-state index contributed by atoms with van der Waals surface area (Å²) in [7, 11) is 0. The molecular weight excluding hydrogens is 414 g/mol. The van der Waals surface area contributed by atoms with Crippen molar-refractivity contribution in [3.05, 3.63) is 64.7 Å². The van der Waals surface area contributed by atoms with E-state index < -0.39 is 0 Å². The monoisotopic (exact) mass is 441 g/mol. The second-order valence-electron chi connectivity index (χ2n) is 7.93. The molecule has 3 rings (SSSR count). The van der Waals surface area contributed by atoms with E-state index in [2.05, 4.69) is 10.6 Å². The molecule has 7 heteroatoms. The molecule has 0 radical (unpaired) electrons. The van der Waals surface area contributed by atoms with Crippen LogP contribution in [0.3, 0.4) is 0 Å². The van der Waals surface area contributed by atoms with Gasteiger partial charge in [-0.1, -0.05) is 49.1 Å². The van der Waals surface area contributed by atoms with Gasteiger partial charge < -0.3 is 15.5 Å². The van der Waals surface area contributed by atoms with Crippen LogP contribution in [0.4, 0.5) is 5.69 Å². The molecule has 0 aromatic heterocycles. The molecule has 0 atom stereocenters. The zero-order valence-electron chi connectivity index (χ0n) is 17.7. The maximum Gasteiger partial charge on any atom is 0.254 e. The predicted molar refractivity (Wildman–Crippen MR) is 122 cm³/mol. The van der Waals surface area contributed by atoms with E-state index in [-0.39, 0.29) is 36.9 Å². The molecule has 0 aliphatic heterocycles. The van der Waals surface area contributed by atoms with Gasteiger partial charge in [0.1, 0.15) is 6.54 Å². The van der Waals surface area contributed by atoms with E-state index in [1.54, 1.807) is 35.2 Å². The quantitative estimate of drug-likeness (QED) is 0.676. The zero-order chi connectivity index (χ0) is 22.2. The lowest BCUT2D eigenvalue weighted by molar-refractivity contribution is -0.125. The number of aryl methyl sites for hydroxylation is 1. The summed E-state index contributed by atoms with van der Waals surface area (Å²) in [5.74, 6) is -0.890. The van der Waals surface area contributed by atoms with E-state index in [4.69, 9.17) is 11.6 Å². The van der Waals surface area contributed by atoms with Gasteiger partial charge in [0.2, 0.25) is 11.8 Å². The smallest absolute Gasteiger partial charge is 0.254 e. The standard InChI is InChI=1S/C24H28ClN3O3/c1-17-7-5-10-20(13-17)27-22(29)15-26-23(30)16-28(21-11-3-2-4-12-21)24(31)18-8-6-9-19(25)14-18/h5-10,13-14,21H,2-4,11-12,15-16H2,1H3,(H,26,30)(H,27,29). The van der Waals surface area contributed by atoms with Crippen molar-refractivity contribution < 1.29 is 14.4 Å². The molecule has 2 aromatic carbocycles. The maximum absolute atomic E-state index is 13.2. The predicted octanol–water partition coefficient (Wildman–Crippen LogP) is 4.18. The van der Waals surface area contributed by atoms with E-state index in [0.29, 0.717) is 16.3 Å². The summed E-state index contributed by atoms with van der Waals surface area (Å²) in [5, 5.41) is 5.87. The second kappa shape index (κ2) is 11.0. The maximum atomic E-state index is 13.2. The molecule has 2 aromatic rings. The Labute approximate surface area is 188 Å². The Morgan fingerprint density at radius 1 is 1.00 bits per heavy atom. The van der Waals surface area contributed by atoms with Crippen molar-refractivity contribution in [2.45, 2.75) is 45.1 Å². The number of halogens is 1. The second-order valence-corrected chi connectivity index (χ2v) is 8.37. The first kappa shape index (κ1) is 22.8. The Balaban J connectivity index is 1.61. The van der Waals surface area contributed by atoms with Crippen molar-refractivity contribution >= 4 is 35.0 Å². The van der Waals surface area contributed by atoms with Crippen molar-refractivity contribution in [3.63, 3.8) is 0 Å². The highest BCUT2D eigenvalue weighted by molar-refractivity contribution is 6.31. The van der Waals surface area contributed by atoms with Gasteiger partial charge in [-0.15, -0.1) is 0 Å². The van der Waals surface area contributed by atoms with Gasteiger partial charge in [-0.25, -0.2) is 0 Å². The summed E-state index contributed by atoms with van der Waals surface area (Å²) >= 11 is 6.05. The number of benzene rings is 2. The highest BCUT2D eigenvalue weighted by atomic mass is 35.5. The van der Waals surface area contributed by atoms with Crippen LogP contribution in [0, 0.1) is 6.92 Å². The zero-order valence-corrected chi connectivity index (χ0v) is 18.5. The molecule has 0 bridgehead atoms. The molecule has 6 nitrogen and oxygen atoms in total. The van der Waals surface area contributed by atoms with Crippen LogP contribution < -0.4 is 10.6 Å². The number of carbonyl (C=O) groups excluding carboxylic acids is 3. The van der Waals surface area contributed by atoms with Crippen molar-refractivity contribution in [1.82, 2.24) is 10.2 Å². The number of amides is 3. The number of anilines is 1. The number of rotatable bonds is 7. The lowest BCUT2D eigenvalue weighted by Crippen LogP contribution is -2.48. The summed E-state index contributed by atoms with van der Waals surface area (Å²) in [6, 6.07) is 14.2. The summed E-state index contributed by atoms with van der Waals surface area (Å²) in [4.78, 5) is 39.6. The molecule has 1 saturated carbocycles. The average molecular weight is 442 g/mol. The molecule has 0 heterocycles. The van der Waals surface area contributed by atoms with Crippen LogP contribution in [-0.4, -0.2) is 41.8 Å². The minimum absolute atomic E-state index is 0.00658. The van der Waals surface area contributed by atoms with E-state index in [9.17, 15) is 14.4 Å². The third kappa shape index (κ3) is 6.82. The molecule has 1 fully saturated rings.